The zero-order valence-electron chi connectivity index (χ0n) is 17.4. The Morgan fingerprint density at radius 1 is 1.17 bits per heavy atom. The first kappa shape index (κ1) is 19.7. The van der Waals surface area contributed by atoms with Gasteiger partial charge in [-0.1, -0.05) is 24.3 Å². The maximum atomic E-state index is 13.9. The molecule has 2 aromatic carbocycles. The van der Waals surface area contributed by atoms with Crippen LogP contribution in [0.5, 0.6) is 5.75 Å². The van der Waals surface area contributed by atoms with Crippen molar-refractivity contribution in [2.45, 2.75) is 57.7 Å². The summed E-state index contributed by atoms with van der Waals surface area (Å²) >= 11 is 0. The predicted molar refractivity (Wildman–Crippen MR) is 113 cm³/mol. The fraction of sp³-hybridized carbons (Fsp3) is 0.458. The molecule has 2 aliphatic heterocycles. The van der Waals surface area contributed by atoms with Crippen molar-refractivity contribution < 1.29 is 13.9 Å². The van der Waals surface area contributed by atoms with E-state index in [1.54, 1.807) is 12.1 Å². The minimum atomic E-state index is -0.225. The number of amides is 1. The highest BCUT2D eigenvalue weighted by Crippen LogP contribution is 2.43. The van der Waals surface area contributed by atoms with E-state index in [1.165, 1.54) is 6.07 Å². The second kappa shape index (κ2) is 7.69. The molecule has 0 aromatic heterocycles. The van der Waals surface area contributed by atoms with Crippen LogP contribution in [0, 0.1) is 12.7 Å². The van der Waals surface area contributed by atoms with Gasteiger partial charge in [0.05, 0.1) is 12.1 Å². The van der Waals surface area contributed by atoms with Gasteiger partial charge in [-0.2, -0.15) is 0 Å². The summed E-state index contributed by atoms with van der Waals surface area (Å²) in [5.74, 6) is 0.555. The number of carbonyl (C=O) groups excluding carboxylic acids is 1. The summed E-state index contributed by atoms with van der Waals surface area (Å²) < 4.78 is 19.7. The van der Waals surface area contributed by atoms with E-state index in [1.807, 2.05) is 42.2 Å². The van der Waals surface area contributed by atoms with Crippen molar-refractivity contribution in [1.29, 1.82) is 0 Å². The third kappa shape index (κ3) is 3.83. The second-order valence-electron chi connectivity index (χ2n) is 8.78. The number of aryl methyl sites for hydroxylation is 1. The van der Waals surface area contributed by atoms with Gasteiger partial charge in [-0.15, -0.1) is 0 Å². The molecule has 0 bridgehead atoms. The molecule has 154 valence electrons. The van der Waals surface area contributed by atoms with E-state index in [2.05, 4.69) is 18.7 Å². The van der Waals surface area contributed by atoms with Gasteiger partial charge >= 0.3 is 0 Å². The molecule has 4 rings (SSSR count). The van der Waals surface area contributed by atoms with Crippen LogP contribution < -0.4 is 9.64 Å². The lowest BCUT2D eigenvalue weighted by molar-refractivity contribution is -0.137. The third-order valence-corrected chi connectivity index (χ3v) is 6.29. The van der Waals surface area contributed by atoms with Crippen molar-refractivity contribution in [3.63, 3.8) is 0 Å². The quantitative estimate of drug-likeness (QED) is 0.759. The Bertz CT molecular complexity index is 898. The highest BCUT2D eigenvalue weighted by Gasteiger charge is 2.50. The first-order valence-electron chi connectivity index (χ1n) is 10.4. The lowest BCUT2D eigenvalue weighted by Crippen LogP contribution is -2.53. The Balaban J connectivity index is 1.52. The summed E-state index contributed by atoms with van der Waals surface area (Å²) in [5.41, 5.74) is 1.77. The summed E-state index contributed by atoms with van der Waals surface area (Å²) in [7, 11) is 0. The smallest absolute Gasteiger partial charge is 0.260 e. The summed E-state index contributed by atoms with van der Waals surface area (Å²) in [6.07, 6.45) is 2.82. The van der Waals surface area contributed by atoms with Crippen molar-refractivity contribution in [3.05, 3.63) is 59.9 Å². The van der Waals surface area contributed by atoms with Gasteiger partial charge in [0.1, 0.15) is 11.6 Å². The highest BCUT2D eigenvalue weighted by molar-refractivity contribution is 5.78. The lowest BCUT2D eigenvalue weighted by Gasteiger charge is -2.42. The van der Waals surface area contributed by atoms with Gasteiger partial charge in [-0.25, -0.2) is 4.39 Å². The molecule has 2 aliphatic rings. The van der Waals surface area contributed by atoms with Gasteiger partial charge in [-0.3, -0.25) is 4.79 Å². The Morgan fingerprint density at radius 3 is 2.72 bits per heavy atom. The van der Waals surface area contributed by atoms with Crippen LogP contribution in [0.15, 0.2) is 48.5 Å². The highest BCUT2D eigenvalue weighted by atomic mass is 19.1. The molecule has 0 saturated carbocycles. The Labute approximate surface area is 172 Å². The number of hydrogen-bond donors (Lipinski definition) is 0. The fourth-order valence-electron chi connectivity index (χ4n) is 5.06. The van der Waals surface area contributed by atoms with E-state index < -0.39 is 0 Å². The molecule has 0 radical (unpaired) electrons. The van der Waals surface area contributed by atoms with Gasteiger partial charge in [0, 0.05) is 17.8 Å². The molecule has 2 fully saturated rings. The molecule has 2 atom stereocenters. The monoisotopic (exact) mass is 396 g/mol. The minimum Gasteiger partial charge on any atom is -0.484 e. The summed E-state index contributed by atoms with van der Waals surface area (Å²) in [4.78, 5) is 17.4. The van der Waals surface area contributed by atoms with Crippen LogP contribution in [0.2, 0.25) is 0 Å². The van der Waals surface area contributed by atoms with Crippen molar-refractivity contribution in [2.75, 3.05) is 18.1 Å². The maximum Gasteiger partial charge on any atom is 0.260 e. The molecule has 29 heavy (non-hydrogen) atoms. The number of rotatable bonds is 4. The molecule has 2 aromatic rings. The lowest BCUT2D eigenvalue weighted by atomic mass is 9.94. The number of anilines is 1. The van der Waals surface area contributed by atoms with Gasteiger partial charge in [0.15, 0.2) is 6.61 Å². The normalized spacial score (nSPS) is 23.0. The largest absolute Gasteiger partial charge is 0.484 e. The number of ether oxygens (including phenoxy) is 1. The fourth-order valence-corrected chi connectivity index (χ4v) is 5.06. The standard InChI is InChI=1S/C24H29FN2O2/c1-17-8-4-5-12-22(17)29-16-23(28)26-13-7-11-20-21(26)15-24(2,3)27(20)19-10-6-9-18(25)14-19/h4-6,8-10,12,14,20-21H,7,11,13,15-16H2,1-3H3/t20-,21-/m0/s1. The number of para-hydroxylation sites is 1. The number of fused-ring (bicyclic) bond motifs is 1. The molecule has 2 heterocycles. The number of piperidine rings is 1. The molecule has 5 heteroatoms. The molecule has 0 spiro atoms. The Morgan fingerprint density at radius 2 is 1.97 bits per heavy atom. The van der Waals surface area contributed by atoms with Crippen molar-refractivity contribution >= 4 is 11.6 Å². The van der Waals surface area contributed by atoms with Crippen molar-refractivity contribution in [3.8, 4) is 5.75 Å². The predicted octanol–water partition coefficient (Wildman–Crippen LogP) is 4.56. The molecule has 2 saturated heterocycles. The molecule has 1 amide bonds. The topological polar surface area (TPSA) is 32.8 Å². The Kier molecular flexibility index (Phi) is 5.24. The number of benzene rings is 2. The molecular formula is C24H29FN2O2. The number of hydrogen-bond acceptors (Lipinski definition) is 3. The van der Waals surface area contributed by atoms with Crippen LogP contribution in [0.25, 0.3) is 0 Å². The van der Waals surface area contributed by atoms with Gasteiger partial charge in [0.2, 0.25) is 0 Å². The van der Waals surface area contributed by atoms with Crippen LogP contribution >= 0.6 is 0 Å². The van der Waals surface area contributed by atoms with Crippen LogP contribution in [-0.4, -0.2) is 41.6 Å². The van der Waals surface area contributed by atoms with Crippen molar-refractivity contribution in [2.24, 2.45) is 0 Å². The van der Waals surface area contributed by atoms with Crippen LogP contribution in [-0.2, 0) is 4.79 Å². The first-order chi connectivity index (χ1) is 13.9. The van der Waals surface area contributed by atoms with Crippen LogP contribution in [0.4, 0.5) is 10.1 Å². The molecule has 0 aliphatic carbocycles. The van der Waals surface area contributed by atoms with Crippen molar-refractivity contribution in [1.82, 2.24) is 4.90 Å². The Hall–Kier alpha value is -2.56. The number of halogens is 1. The second-order valence-corrected chi connectivity index (χ2v) is 8.78. The van der Waals surface area contributed by atoms with Crippen LogP contribution in [0.3, 0.4) is 0 Å². The molecule has 0 N–H and O–H groups in total. The zero-order chi connectivity index (χ0) is 20.6. The summed E-state index contributed by atoms with van der Waals surface area (Å²) in [5, 5.41) is 0. The molecular weight excluding hydrogens is 367 g/mol. The van der Waals surface area contributed by atoms with E-state index in [4.69, 9.17) is 4.74 Å². The first-order valence-corrected chi connectivity index (χ1v) is 10.4. The average molecular weight is 397 g/mol. The van der Waals surface area contributed by atoms with E-state index in [0.717, 1.165) is 42.8 Å². The van der Waals surface area contributed by atoms with Gasteiger partial charge < -0.3 is 14.5 Å². The van der Waals surface area contributed by atoms with Gasteiger partial charge in [-0.05, 0) is 69.9 Å². The molecule has 4 nitrogen and oxygen atoms in total. The van der Waals surface area contributed by atoms with E-state index in [9.17, 15) is 9.18 Å². The zero-order valence-corrected chi connectivity index (χ0v) is 17.4. The maximum absolute atomic E-state index is 13.9. The van der Waals surface area contributed by atoms with Gasteiger partial charge in [0.25, 0.3) is 5.91 Å². The number of carbonyl (C=O) groups is 1. The summed E-state index contributed by atoms with van der Waals surface area (Å²) in [6.45, 7) is 7.15. The van der Waals surface area contributed by atoms with Crippen LogP contribution in [0.1, 0.15) is 38.7 Å². The number of likely N-dealkylation sites (tertiary alicyclic amines) is 1. The van der Waals surface area contributed by atoms with E-state index >= 15 is 0 Å². The SMILES string of the molecule is Cc1ccccc1OCC(=O)N1CCC[C@H]2[C@@H]1CC(C)(C)N2c1cccc(F)c1. The minimum absolute atomic E-state index is 0.0276. The van der Waals surface area contributed by atoms with E-state index in [-0.39, 0.29) is 36.0 Å². The number of nitrogens with zero attached hydrogens (tertiary/aromatic N) is 2. The third-order valence-electron chi connectivity index (χ3n) is 6.29. The summed E-state index contributed by atoms with van der Waals surface area (Å²) in [6, 6.07) is 14.9. The molecule has 0 unspecified atom stereocenters. The average Bonchev–Trinajstić information content (AvgIpc) is 2.96. The van der Waals surface area contributed by atoms with E-state index in [0.29, 0.717) is 0 Å².